The highest BCUT2D eigenvalue weighted by atomic mass is 32.2. The van der Waals surface area contributed by atoms with E-state index < -0.39 is 64.6 Å². The largest absolute Gasteiger partial charge is 0.423 e. The third-order valence-corrected chi connectivity index (χ3v) is 7.25. The quantitative estimate of drug-likeness (QED) is 0.170. The molecule has 0 atom stereocenters. The standard InChI is InChI=1S/C27H18O12S2/c28-25(37-17-10-4-1-5-11-17)20-16-21(26(29)38-18-12-6-2-7-13-18)23(40(31,32)33)24(41(34,35)36)22(20)27(30)39-19-14-8-3-9-15-19/h1-16H,(H,31,32,33)(H,34,35,36). The number of carbonyl (C=O) groups excluding carboxylic acids is 3. The molecule has 0 amide bonds. The van der Waals surface area contributed by atoms with Crippen LogP contribution in [0.3, 0.4) is 0 Å². The lowest BCUT2D eigenvalue weighted by Crippen LogP contribution is -2.27. The molecule has 0 spiro atoms. The Kier molecular flexibility index (Phi) is 8.30. The molecule has 12 nitrogen and oxygen atoms in total. The van der Waals surface area contributed by atoms with Gasteiger partial charge in [0, 0.05) is 0 Å². The maximum absolute atomic E-state index is 13.3. The Bertz CT molecular complexity index is 1840. The number of hydrogen-bond donors (Lipinski definition) is 2. The Morgan fingerprint density at radius 3 is 1.20 bits per heavy atom. The van der Waals surface area contributed by atoms with Gasteiger partial charge in [0.25, 0.3) is 20.2 Å². The molecule has 41 heavy (non-hydrogen) atoms. The van der Waals surface area contributed by atoms with E-state index in [4.69, 9.17) is 14.2 Å². The molecule has 2 N–H and O–H groups in total. The van der Waals surface area contributed by atoms with Crippen molar-refractivity contribution in [2.75, 3.05) is 0 Å². The van der Waals surface area contributed by atoms with Gasteiger partial charge in [0.1, 0.15) is 27.0 Å². The molecule has 4 aromatic rings. The van der Waals surface area contributed by atoms with Crippen molar-refractivity contribution in [3.63, 3.8) is 0 Å². The van der Waals surface area contributed by atoms with Crippen molar-refractivity contribution in [2.24, 2.45) is 0 Å². The van der Waals surface area contributed by atoms with E-state index in [1.165, 1.54) is 72.8 Å². The van der Waals surface area contributed by atoms with Gasteiger partial charge in [-0.1, -0.05) is 54.6 Å². The summed E-state index contributed by atoms with van der Waals surface area (Å²) in [6, 6.07) is 21.8. The molecule has 0 unspecified atom stereocenters. The number of hydrogen-bond acceptors (Lipinski definition) is 10. The molecule has 0 aliphatic heterocycles. The van der Waals surface area contributed by atoms with E-state index in [9.17, 15) is 40.3 Å². The zero-order valence-electron chi connectivity index (χ0n) is 20.5. The molecule has 0 radical (unpaired) electrons. The zero-order valence-corrected chi connectivity index (χ0v) is 22.2. The lowest BCUT2D eigenvalue weighted by molar-refractivity contribution is 0.0684. The molecule has 0 bridgehead atoms. The smallest absolute Gasteiger partial charge is 0.345 e. The predicted molar refractivity (Wildman–Crippen MR) is 140 cm³/mol. The Morgan fingerprint density at radius 2 is 0.829 bits per heavy atom. The van der Waals surface area contributed by atoms with Crippen LogP contribution in [-0.4, -0.2) is 43.8 Å². The van der Waals surface area contributed by atoms with E-state index in [1.807, 2.05) is 0 Å². The van der Waals surface area contributed by atoms with Gasteiger partial charge in [0.2, 0.25) is 0 Å². The summed E-state index contributed by atoms with van der Waals surface area (Å²) < 4.78 is 85.7. The summed E-state index contributed by atoms with van der Waals surface area (Å²) in [5, 5.41) is 0. The summed E-state index contributed by atoms with van der Waals surface area (Å²) >= 11 is 0. The van der Waals surface area contributed by atoms with E-state index in [2.05, 4.69) is 0 Å². The SMILES string of the molecule is O=C(Oc1ccccc1)c1cc(C(=O)Oc2ccccc2)c(S(=O)(=O)O)c(S(=O)(=O)O)c1C(=O)Oc1ccccc1. The van der Waals surface area contributed by atoms with Crippen LogP contribution in [0.2, 0.25) is 0 Å². The van der Waals surface area contributed by atoms with Gasteiger partial charge in [-0.2, -0.15) is 16.8 Å². The van der Waals surface area contributed by atoms with Crippen LogP contribution in [0, 0.1) is 0 Å². The number of rotatable bonds is 8. The minimum atomic E-state index is -5.80. The summed E-state index contributed by atoms with van der Waals surface area (Å²) in [5.41, 5.74) is -3.55. The van der Waals surface area contributed by atoms with Crippen LogP contribution in [0.1, 0.15) is 31.1 Å². The van der Waals surface area contributed by atoms with Crippen molar-refractivity contribution in [1.82, 2.24) is 0 Å². The van der Waals surface area contributed by atoms with Gasteiger partial charge < -0.3 is 14.2 Å². The van der Waals surface area contributed by atoms with Crippen LogP contribution in [-0.2, 0) is 20.2 Å². The second-order valence-electron chi connectivity index (χ2n) is 8.06. The van der Waals surface area contributed by atoms with E-state index in [0.717, 1.165) is 0 Å². The van der Waals surface area contributed by atoms with E-state index in [1.54, 1.807) is 18.2 Å². The second-order valence-corrected chi connectivity index (χ2v) is 10.8. The van der Waals surface area contributed by atoms with Crippen LogP contribution < -0.4 is 14.2 Å². The lowest BCUT2D eigenvalue weighted by Gasteiger charge is -2.17. The van der Waals surface area contributed by atoms with Gasteiger partial charge in [-0.25, -0.2) is 14.4 Å². The molecule has 0 saturated heterocycles. The first-order valence-corrected chi connectivity index (χ1v) is 14.2. The van der Waals surface area contributed by atoms with Crippen LogP contribution >= 0.6 is 0 Å². The first-order valence-electron chi connectivity index (χ1n) is 11.3. The molecule has 0 saturated carbocycles. The van der Waals surface area contributed by atoms with Crippen LogP contribution in [0.5, 0.6) is 17.2 Å². The molecule has 0 fully saturated rings. The molecule has 210 valence electrons. The number of benzene rings is 4. The van der Waals surface area contributed by atoms with Crippen molar-refractivity contribution in [3.05, 3.63) is 114 Å². The van der Waals surface area contributed by atoms with Crippen LogP contribution in [0.4, 0.5) is 0 Å². The highest BCUT2D eigenvalue weighted by Gasteiger charge is 2.40. The average Bonchev–Trinajstić information content (AvgIpc) is 2.92. The van der Waals surface area contributed by atoms with E-state index in [0.29, 0.717) is 6.07 Å². The van der Waals surface area contributed by atoms with Crippen molar-refractivity contribution in [3.8, 4) is 17.2 Å². The first kappa shape index (κ1) is 29.1. The number of esters is 3. The fourth-order valence-electron chi connectivity index (χ4n) is 3.61. The second kappa shape index (κ2) is 11.7. The van der Waals surface area contributed by atoms with Gasteiger partial charge in [-0.05, 0) is 42.5 Å². The van der Waals surface area contributed by atoms with Crippen molar-refractivity contribution >= 4 is 38.1 Å². The fraction of sp³-hybridized carbons (Fsp3) is 0. The highest BCUT2D eigenvalue weighted by molar-refractivity contribution is 7.89. The Morgan fingerprint density at radius 1 is 0.488 bits per heavy atom. The van der Waals surface area contributed by atoms with Crippen LogP contribution in [0.25, 0.3) is 0 Å². The molecule has 0 heterocycles. The van der Waals surface area contributed by atoms with Gasteiger partial charge in [0.15, 0.2) is 0 Å². The van der Waals surface area contributed by atoms with Gasteiger partial charge in [-0.3, -0.25) is 9.11 Å². The molecular weight excluding hydrogens is 580 g/mol. The summed E-state index contributed by atoms with van der Waals surface area (Å²) in [7, 11) is -11.5. The molecule has 0 aromatic heterocycles. The monoisotopic (exact) mass is 598 g/mol. The third kappa shape index (κ3) is 6.82. The predicted octanol–water partition coefficient (Wildman–Crippen LogP) is 3.84. The molecule has 0 aliphatic rings. The molecule has 4 rings (SSSR count). The molecule has 4 aromatic carbocycles. The summed E-state index contributed by atoms with van der Waals surface area (Å²) in [6.45, 7) is 0. The molecule has 14 heteroatoms. The Hall–Kier alpha value is -4.89. The maximum Gasteiger partial charge on any atom is 0.345 e. The van der Waals surface area contributed by atoms with Crippen molar-refractivity contribution < 1.29 is 54.5 Å². The summed E-state index contributed by atoms with van der Waals surface area (Å²) in [5.74, 6) is -5.03. The number of ether oxygens (including phenoxy) is 3. The third-order valence-electron chi connectivity index (χ3n) is 5.26. The minimum Gasteiger partial charge on any atom is -0.423 e. The van der Waals surface area contributed by atoms with E-state index >= 15 is 0 Å². The lowest BCUT2D eigenvalue weighted by atomic mass is 10.0. The average molecular weight is 599 g/mol. The Labute approximate surface area is 233 Å². The van der Waals surface area contributed by atoms with Crippen LogP contribution in [0.15, 0.2) is 107 Å². The summed E-state index contributed by atoms with van der Waals surface area (Å²) in [6.07, 6.45) is 0. The number of para-hydroxylation sites is 3. The van der Waals surface area contributed by atoms with E-state index in [-0.39, 0.29) is 17.2 Å². The molecule has 0 aliphatic carbocycles. The minimum absolute atomic E-state index is 0.0828. The maximum atomic E-state index is 13.3. The zero-order chi connectivity index (χ0) is 29.8. The first-order chi connectivity index (χ1) is 19.4. The van der Waals surface area contributed by atoms with Gasteiger partial charge >= 0.3 is 17.9 Å². The van der Waals surface area contributed by atoms with Crippen molar-refractivity contribution in [1.29, 1.82) is 0 Å². The topological polar surface area (TPSA) is 188 Å². The number of carbonyl (C=O) groups is 3. The molecular formula is C27H18O12S2. The normalized spacial score (nSPS) is 11.4. The fourth-order valence-corrected chi connectivity index (χ4v) is 5.79. The summed E-state index contributed by atoms with van der Waals surface area (Å²) in [4.78, 5) is 36.2. The Balaban J connectivity index is 2.03. The van der Waals surface area contributed by atoms with Gasteiger partial charge in [-0.15, -0.1) is 0 Å². The highest BCUT2D eigenvalue weighted by Crippen LogP contribution is 2.34. The van der Waals surface area contributed by atoms with Gasteiger partial charge in [0.05, 0.1) is 16.7 Å². The van der Waals surface area contributed by atoms with Crippen molar-refractivity contribution in [2.45, 2.75) is 9.79 Å².